The predicted octanol–water partition coefficient (Wildman–Crippen LogP) is 14.1. The summed E-state index contributed by atoms with van der Waals surface area (Å²) in [5, 5.41) is 0. The maximum atomic E-state index is 12.6. The Morgan fingerprint density at radius 2 is 0.529 bits per heavy atom. The monoisotopic (exact) mass is 723 g/mol. The van der Waals surface area contributed by atoms with Gasteiger partial charge < -0.3 is 14.2 Å². The van der Waals surface area contributed by atoms with E-state index in [0.29, 0.717) is 19.3 Å². The van der Waals surface area contributed by atoms with Gasteiger partial charge in [0.25, 0.3) is 0 Å². The third kappa shape index (κ3) is 39.5. The van der Waals surface area contributed by atoms with Crippen molar-refractivity contribution in [2.75, 3.05) is 13.2 Å². The van der Waals surface area contributed by atoms with Gasteiger partial charge in [-0.1, -0.05) is 213 Å². The first-order chi connectivity index (χ1) is 25.0. The average molecular weight is 723 g/mol. The SMILES string of the molecule is CCCCCCCCCCCCCCCCC(=O)OC[C@@H](COC(=O)CCCCCCCCCCCCCC)OC(=O)CCCCCCCCC. The van der Waals surface area contributed by atoms with Crippen molar-refractivity contribution < 1.29 is 28.6 Å². The first-order valence-corrected chi connectivity index (χ1v) is 22.5. The standard InChI is InChI=1S/C45H86O6/c1-4-7-10-13-16-18-20-22-23-25-27-30-32-35-38-44(47)50-41-42(51-45(48)39-36-33-28-15-12-9-6-3)40-49-43(46)37-34-31-29-26-24-21-19-17-14-11-8-5-2/h42H,4-41H2,1-3H3/t42-/m1/s1. The van der Waals surface area contributed by atoms with Gasteiger partial charge in [-0.3, -0.25) is 14.4 Å². The van der Waals surface area contributed by atoms with Gasteiger partial charge in [0.1, 0.15) is 13.2 Å². The third-order valence-corrected chi connectivity index (χ3v) is 10.1. The van der Waals surface area contributed by atoms with Crippen LogP contribution in [0.2, 0.25) is 0 Å². The Hall–Kier alpha value is -1.59. The van der Waals surface area contributed by atoms with E-state index in [0.717, 1.165) is 57.8 Å². The summed E-state index contributed by atoms with van der Waals surface area (Å²) in [4.78, 5) is 37.5. The van der Waals surface area contributed by atoms with Gasteiger partial charge >= 0.3 is 17.9 Å². The molecule has 0 aliphatic carbocycles. The second-order valence-electron chi connectivity index (χ2n) is 15.3. The molecular weight excluding hydrogens is 636 g/mol. The molecule has 0 amide bonds. The molecule has 0 heterocycles. The maximum Gasteiger partial charge on any atom is 0.306 e. The van der Waals surface area contributed by atoms with Crippen molar-refractivity contribution in [1.82, 2.24) is 0 Å². The topological polar surface area (TPSA) is 78.9 Å². The fraction of sp³-hybridized carbons (Fsp3) is 0.933. The maximum absolute atomic E-state index is 12.6. The van der Waals surface area contributed by atoms with Crippen LogP contribution in [0.25, 0.3) is 0 Å². The number of carbonyl (C=O) groups is 3. The molecule has 302 valence electrons. The van der Waals surface area contributed by atoms with Crippen LogP contribution in [0.1, 0.15) is 252 Å². The van der Waals surface area contributed by atoms with Crippen LogP contribution in [0.15, 0.2) is 0 Å². The molecule has 0 aromatic rings. The second kappa shape index (κ2) is 41.2. The average Bonchev–Trinajstić information content (AvgIpc) is 3.12. The molecule has 0 spiro atoms. The summed E-state index contributed by atoms with van der Waals surface area (Å²) < 4.78 is 16.6. The number of rotatable bonds is 41. The molecule has 0 radical (unpaired) electrons. The Bertz CT molecular complexity index is 753. The zero-order chi connectivity index (χ0) is 37.3. The normalized spacial score (nSPS) is 11.8. The molecule has 6 nitrogen and oxygen atoms in total. The van der Waals surface area contributed by atoms with Crippen molar-refractivity contribution in [2.24, 2.45) is 0 Å². The molecule has 0 bridgehead atoms. The van der Waals surface area contributed by atoms with Gasteiger partial charge in [-0.15, -0.1) is 0 Å². The molecule has 0 aromatic heterocycles. The van der Waals surface area contributed by atoms with E-state index >= 15 is 0 Å². The summed E-state index contributed by atoms with van der Waals surface area (Å²) in [5.41, 5.74) is 0. The van der Waals surface area contributed by atoms with Gasteiger partial charge in [-0.05, 0) is 19.3 Å². The minimum atomic E-state index is -0.756. The van der Waals surface area contributed by atoms with Crippen molar-refractivity contribution in [1.29, 1.82) is 0 Å². The van der Waals surface area contributed by atoms with E-state index in [4.69, 9.17) is 14.2 Å². The summed E-state index contributed by atoms with van der Waals surface area (Å²) in [6, 6.07) is 0. The Labute approximate surface area is 317 Å². The van der Waals surface area contributed by atoms with Crippen LogP contribution >= 0.6 is 0 Å². The molecule has 0 aliphatic heterocycles. The summed E-state index contributed by atoms with van der Waals surface area (Å²) in [7, 11) is 0. The lowest BCUT2D eigenvalue weighted by Crippen LogP contribution is -2.30. The molecule has 0 saturated heterocycles. The number of esters is 3. The van der Waals surface area contributed by atoms with Crippen molar-refractivity contribution in [3.05, 3.63) is 0 Å². The van der Waals surface area contributed by atoms with Crippen molar-refractivity contribution in [3.63, 3.8) is 0 Å². The fourth-order valence-electron chi connectivity index (χ4n) is 6.68. The minimum absolute atomic E-state index is 0.0634. The Kier molecular flexibility index (Phi) is 39.9. The van der Waals surface area contributed by atoms with Gasteiger partial charge in [0.2, 0.25) is 0 Å². The van der Waals surface area contributed by atoms with E-state index in [1.54, 1.807) is 0 Å². The first kappa shape index (κ1) is 49.4. The third-order valence-electron chi connectivity index (χ3n) is 10.1. The van der Waals surface area contributed by atoms with Crippen LogP contribution in [-0.2, 0) is 28.6 Å². The van der Waals surface area contributed by atoms with Gasteiger partial charge in [0.15, 0.2) is 6.10 Å². The summed E-state index contributed by atoms with van der Waals surface area (Å²) in [5.74, 6) is -0.859. The molecule has 0 fully saturated rings. The van der Waals surface area contributed by atoms with Crippen molar-refractivity contribution in [2.45, 2.75) is 258 Å². The summed E-state index contributed by atoms with van der Waals surface area (Å²) in [6.45, 7) is 6.61. The molecule has 0 rings (SSSR count). The van der Waals surface area contributed by atoms with Gasteiger partial charge in [0.05, 0.1) is 0 Å². The fourth-order valence-corrected chi connectivity index (χ4v) is 6.68. The lowest BCUT2D eigenvalue weighted by molar-refractivity contribution is -0.167. The van der Waals surface area contributed by atoms with E-state index in [1.807, 2.05) is 0 Å². The van der Waals surface area contributed by atoms with Gasteiger partial charge in [-0.2, -0.15) is 0 Å². The van der Waals surface area contributed by atoms with Crippen LogP contribution in [0.5, 0.6) is 0 Å². The summed E-state index contributed by atoms with van der Waals surface area (Å²) >= 11 is 0. The zero-order valence-electron chi connectivity index (χ0n) is 34.4. The molecule has 0 aromatic carbocycles. The van der Waals surface area contributed by atoms with E-state index in [9.17, 15) is 14.4 Å². The van der Waals surface area contributed by atoms with Gasteiger partial charge in [0, 0.05) is 19.3 Å². The number of carbonyl (C=O) groups excluding carboxylic acids is 3. The lowest BCUT2D eigenvalue weighted by atomic mass is 10.0. The first-order valence-electron chi connectivity index (χ1n) is 22.5. The molecule has 51 heavy (non-hydrogen) atoms. The van der Waals surface area contributed by atoms with Crippen molar-refractivity contribution in [3.8, 4) is 0 Å². The molecule has 1 atom stereocenters. The van der Waals surface area contributed by atoms with Crippen LogP contribution < -0.4 is 0 Å². The molecule has 0 N–H and O–H groups in total. The van der Waals surface area contributed by atoms with Crippen molar-refractivity contribution >= 4 is 17.9 Å². The van der Waals surface area contributed by atoms with Crippen LogP contribution in [0, 0.1) is 0 Å². The lowest BCUT2D eigenvalue weighted by Gasteiger charge is -2.18. The number of hydrogen-bond acceptors (Lipinski definition) is 6. The van der Waals surface area contributed by atoms with Crippen LogP contribution in [-0.4, -0.2) is 37.2 Å². The highest BCUT2D eigenvalue weighted by molar-refractivity contribution is 5.71. The number of hydrogen-bond donors (Lipinski definition) is 0. The minimum Gasteiger partial charge on any atom is -0.462 e. The molecule has 0 unspecified atom stereocenters. The van der Waals surface area contributed by atoms with Crippen LogP contribution in [0.3, 0.4) is 0 Å². The Morgan fingerprint density at radius 3 is 0.784 bits per heavy atom. The molecule has 0 aliphatic rings. The Morgan fingerprint density at radius 1 is 0.314 bits per heavy atom. The van der Waals surface area contributed by atoms with E-state index in [-0.39, 0.29) is 31.1 Å². The Balaban J connectivity index is 4.23. The number of ether oxygens (including phenoxy) is 3. The number of unbranched alkanes of at least 4 members (excludes halogenated alkanes) is 30. The van der Waals surface area contributed by atoms with Gasteiger partial charge in [-0.25, -0.2) is 0 Å². The largest absolute Gasteiger partial charge is 0.462 e. The zero-order valence-corrected chi connectivity index (χ0v) is 34.4. The van der Waals surface area contributed by atoms with E-state index in [2.05, 4.69) is 20.8 Å². The highest BCUT2D eigenvalue weighted by atomic mass is 16.6. The van der Waals surface area contributed by atoms with Crippen LogP contribution in [0.4, 0.5) is 0 Å². The summed E-state index contributed by atoms with van der Waals surface area (Å²) in [6.07, 6.45) is 40.9. The molecular formula is C45H86O6. The van der Waals surface area contributed by atoms with E-state index < -0.39 is 6.10 Å². The predicted molar refractivity (Wildman–Crippen MR) is 215 cm³/mol. The second-order valence-corrected chi connectivity index (χ2v) is 15.3. The molecule has 0 saturated carbocycles. The quantitative estimate of drug-likeness (QED) is 0.0355. The highest BCUT2D eigenvalue weighted by Crippen LogP contribution is 2.15. The molecule has 6 heteroatoms. The smallest absolute Gasteiger partial charge is 0.306 e. The van der Waals surface area contributed by atoms with E-state index in [1.165, 1.54) is 154 Å². The highest BCUT2D eigenvalue weighted by Gasteiger charge is 2.19.